The number of carbonyl (C=O) groups is 1. The number of hydrogen-bond donors (Lipinski definition) is 0. The number of hydrogen-bond acceptors (Lipinski definition) is 6. The Kier molecular flexibility index (Phi) is 3.94. The highest BCUT2D eigenvalue weighted by molar-refractivity contribution is 6.07. The van der Waals surface area contributed by atoms with Crippen LogP contribution in [0.5, 0.6) is 5.88 Å². The van der Waals surface area contributed by atoms with Gasteiger partial charge in [-0.2, -0.15) is 4.98 Å². The number of fused-ring (bicyclic) bond motifs is 1. The van der Waals surface area contributed by atoms with Gasteiger partial charge >= 0.3 is 0 Å². The fourth-order valence-corrected chi connectivity index (χ4v) is 2.67. The predicted molar refractivity (Wildman–Crippen MR) is 83.9 cm³/mol. The summed E-state index contributed by atoms with van der Waals surface area (Å²) in [7, 11) is 1.58. The lowest BCUT2D eigenvalue weighted by atomic mass is 10.0. The summed E-state index contributed by atoms with van der Waals surface area (Å²) < 4.78 is 10.8. The Morgan fingerprint density at radius 3 is 2.64 bits per heavy atom. The van der Waals surface area contributed by atoms with Crippen LogP contribution in [-0.4, -0.2) is 49.2 Å². The quantitative estimate of drug-likeness (QED) is 0.808. The number of aromatic nitrogens is 2. The van der Waals surface area contributed by atoms with Gasteiger partial charge in [0.15, 0.2) is 5.78 Å². The summed E-state index contributed by atoms with van der Waals surface area (Å²) in [5, 5.41) is 0.768. The lowest BCUT2D eigenvalue weighted by Crippen LogP contribution is -2.37. The van der Waals surface area contributed by atoms with Crippen LogP contribution in [0.15, 0.2) is 12.1 Å². The first kappa shape index (κ1) is 14.7. The summed E-state index contributed by atoms with van der Waals surface area (Å²) in [5.74, 6) is 1.07. The van der Waals surface area contributed by atoms with Gasteiger partial charge in [0.2, 0.25) is 11.8 Å². The molecule has 116 valence electrons. The molecule has 1 saturated heterocycles. The summed E-state index contributed by atoms with van der Waals surface area (Å²) in [5.41, 5.74) is 2.23. The number of anilines is 1. The highest BCUT2D eigenvalue weighted by Gasteiger charge is 2.19. The van der Waals surface area contributed by atoms with Crippen LogP contribution in [0.1, 0.15) is 22.8 Å². The van der Waals surface area contributed by atoms with E-state index < -0.39 is 0 Å². The first-order chi connectivity index (χ1) is 10.6. The third kappa shape index (κ3) is 2.62. The van der Waals surface area contributed by atoms with Crippen molar-refractivity contribution in [2.24, 2.45) is 0 Å². The van der Waals surface area contributed by atoms with Crippen LogP contribution < -0.4 is 9.64 Å². The molecule has 0 amide bonds. The molecule has 0 aliphatic carbocycles. The predicted octanol–water partition coefficient (Wildman–Crippen LogP) is 1.99. The van der Waals surface area contributed by atoms with E-state index in [9.17, 15) is 4.79 Å². The minimum Gasteiger partial charge on any atom is -0.480 e. The number of carbonyl (C=O) groups excluding carboxylic acids is 1. The van der Waals surface area contributed by atoms with Crippen LogP contribution in [0.4, 0.5) is 5.95 Å². The zero-order chi connectivity index (χ0) is 15.7. The van der Waals surface area contributed by atoms with E-state index in [4.69, 9.17) is 9.47 Å². The fraction of sp³-hybridized carbons (Fsp3) is 0.438. The third-order valence-corrected chi connectivity index (χ3v) is 3.76. The number of nitrogens with zero attached hydrogens (tertiary/aromatic N) is 3. The normalized spacial score (nSPS) is 15.1. The SMILES string of the molecule is COc1nc(N2CCOCC2)nc2c(C(C)=O)cc(C)cc12. The number of ether oxygens (including phenoxy) is 2. The van der Waals surface area contributed by atoms with Gasteiger partial charge in [0.1, 0.15) is 0 Å². The average molecular weight is 301 g/mol. The smallest absolute Gasteiger partial charge is 0.229 e. The summed E-state index contributed by atoms with van der Waals surface area (Å²) in [6, 6.07) is 3.81. The molecule has 0 saturated carbocycles. The number of benzene rings is 1. The van der Waals surface area contributed by atoms with Gasteiger partial charge in [0.05, 0.1) is 31.2 Å². The lowest BCUT2D eigenvalue weighted by Gasteiger charge is -2.27. The van der Waals surface area contributed by atoms with Crippen LogP contribution in [0.25, 0.3) is 10.9 Å². The molecule has 1 aliphatic heterocycles. The van der Waals surface area contributed by atoms with E-state index >= 15 is 0 Å². The molecule has 2 heterocycles. The molecule has 1 aromatic carbocycles. The molecular weight excluding hydrogens is 282 g/mol. The molecular formula is C16H19N3O3. The van der Waals surface area contributed by atoms with Crippen molar-refractivity contribution in [3.05, 3.63) is 23.3 Å². The highest BCUT2D eigenvalue weighted by atomic mass is 16.5. The number of rotatable bonds is 3. The maximum absolute atomic E-state index is 12.0. The second-order valence-electron chi connectivity index (χ2n) is 5.40. The van der Waals surface area contributed by atoms with Crippen molar-refractivity contribution in [3.63, 3.8) is 0 Å². The topological polar surface area (TPSA) is 64.6 Å². The van der Waals surface area contributed by atoms with Crippen molar-refractivity contribution in [1.82, 2.24) is 9.97 Å². The molecule has 1 fully saturated rings. The van der Waals surface area contributed by atoms with Crippen molar-refractivity contribution in [3.8, 4) is 5.88 Å². The molecule has 0 atom stereocenters. The molecule has 1 aliphatic rings. The summed E-state index contributed by atoms with van der Waals surface area (Å²) >= 11 is 0. The minimum atomic E-state index is -0.0117. The third-order valence-electron chi connectivity index (χ3n) is 3.76. The first-order valence-electron chi connectivity index (χ1n) is 7.30. The average Bonchev–Trinajstić information content (AvgIpc) is 2.53. The van der Waals surface area contributed by atoms with Crippen molar-refractivity contribution in [1.29, 1.82) is 0 Å². The molecule has 1 aromatic heterocycles. The van der Waals surface area contributed by atoms with Gasteiger partial charge in [-0.3, -0.25) is 4.79 Å². The molecule has 0 bridgehead atoms. The molecule has 6 nitrogen and oxygen atoms in total. The maximum atomic E-state index is 12.0. The zero-order valence-electron chi connectivity index (χ0n) is 13.0. The number of Topliss-reactive ketones (excluding diaryl/α,β-unsaturated/α-hetero) is 1. The maximum Gasteiger partial charge on any atom is 0.229 e. The Hall–Kier alpha value is -2.21. The summed E-state index contributed by atoms with van der Waals surface area (Å²) in [4.78, 5) is 23.2. The van der Waals surface area contributed by atoms with Crippen LogP contribution in [0, 0.1) is 6.92 Å². The molecule has 2 aromatic rings. The van der Waals surface area contributed by atoms with Gasteiger partial charge in [-0.05, 0) is 31.5 Å². The van der Waals surface area contributed by atoms with Crippen LogP contribution >= 0.6 is 0 Å². The number of aryl methyl sites for hydroxylation is 1. The first-order valence-corrected chi connectivity index (χ1v) is 7.30. The van der Waals surface area contributed by atoms with Gasteiger partial charge in [0, 0.05) is 18.7 Å². The second kappa shape index (κ2) is 5.88. The fourth-order valence-electron chi connectivity index (χ4n) is 2.67. The van der Waals surface area contributed by atoms with Gasteiger partial charge in [0.25, 0.3) is 0 Å². The van der Waals surface area contributed by atoms with E-state index in [0.29, 0.717) is 36.1 Å². The number of morpholine rings is 1. The molecule has 0 spiro atoms. The van der Waals surface area contributed by atoms with E-state index in [1.54, 1.807) is 14.0 Å². The Balaban J connectivity index is 2.22. The molecule has 0 radical (unpaired) electrons. The van der Waals surface area contributed by atoms with Gasteiger partial charge in [-0.1, -0.05) is 0 Å². The Bertz CT molecular complexity index is 724. The lowest BCUT2D eigenvalue weighted by molar-refractivity contribution is 0.101. The Morgan fingerprint density at radius 2 is 2.00 bits per heavy atom. The molecule has 22 heavy (non-hydrogen) atoms. The zero-order valence-corrected chi connectivity index (χ0v) is 13.0. The van der Waals surface area contributed by atoms with E-state index in [1.165, 1.54) is 0 Å². The van der Waals surface area contributed by atoms with Crippen molar-refractivity contribution in [2.75, 3.05) is 38.3 Å². The summed E-state index contributed by atoms with van der Waals surface area (Å²) in [6.45, 7) is 6.26. The molecule has 0 unspecified atom stereocenters. The monoisotopic (exact) mass is 301 g/mol. The number of ketones is 1. The van der Waals surface area contributed by atoms with E-state index in [0.717, 1.165) is 24.0 Å². The number of methoxy groups -OCH3 is 1. The Labute approximate surface area is 129 Å². The molecule has 3 rings (SSSR count). The van der Waals surface area contributed by atoms with E-state index in [2.05, 4.69) is 14.9 Å². The summed E-state index contributed by atoms with van der Waals surface area (Å²) in [6.07, 6.45) is 0. The molecule has 6 heteroatoms. The van der Waals surface area contributed by atoms with E-state index in [-0.39, 0.29) is 5.78 Å². The molecule has 0 N–H and O–H groups in total. The van der Waals surface area contributed by atoms with Crippen molar-refractivity contribution < 1.29 is 14.3 Å². The van der Waals surface area contributed by atoms with Gasteiger partial charge < -0.3 is 14.4 Å². The van der Waals surface area contributed by atoms with Crippen LogP contribution in [0.2, 0.25) is 0 Å². The van der Waals surface area contributed by atoms with Crippen molar-refractivity contribution >= 4 is 22.6 Å². The highest BCUT2D eigenvalue weighted by Crippen LogP contribution is 2.29. The standard InChI is InChI=1S/C16H19N3O3/c1-10-8-12(11(2)20)14-13(9-10)15(21-3)18-16(17-14)19-4-6-22-7-5-19/h8-9H,4-7H2,1-3H3. The van der Waals surface area contributed by atoms with Crippen LogP contribution in [-0.2, 0) is 4.74 Å². The largest absolute Gasteiger partial charge is 0.480 e. The minimum absolute atomic E-state index is 0.0117. The Morgan fingerprint density at radius 1 is 1.27 bits per heavy atom. The van der Waals surface area contributed by atoms with E-state index in [1.807, 2.05) is 19.1 Å². The van der Waals surface area contributed by atoms with Gasteiger partial charge in [-0.15, -0.1) is 0 Å². The van der Waals surface area contributed by atoms with Crippen LogP contribution in [0.3, 0.4) is 0 Å². The van der Waals surface area contributed by atoms with Crippen molar-refractivity contribution in [2.45, 2.75) is 13.8 Å². The second-order valence-corrected chi connectivity index (χ2v) is 5.40. The van der Waals surface area contributed by atoms with Gasteiger partial charge in [-0.25, -0.2) is 4.98 Å².